The molecule has 0 unspecified atom stereocenters. The zero-order chi connectivity index (χ0) is 18.5. The van der Waals surface area contributed by atoms with Crippen LogP contribution in [0.2, 0.25) is 0 Å². The van der Waals surface area contributed by atoms with Gasteiger partial charge in [-0.2, -0.15) is 0 Å². The van der Waals surface area contributed by atoms with E-state index in [4.69, 9.17) is 9.47 Å². The van der Waals surface area contributed by atoms with Gasteiger partial charge in [0.25, 0.3) is 0 Å². The van der Waals surface area contributed by atoms with Gasteiger partial charge in [0.2, 0.25) is 5.91 Å². The van der Waals surface area contributed by atoms with E-state index < -0.39 is 12.1 Å². The van der Waals surface area contributed by atoms with Gasteiger partial charge in [-0.15, -0.1) is 0 Å². The van der Waals surface area contributed by atoms with E-state index in [1.54, 1.807) is 29.2 Å². The molecular weight excluding hydrogens is 340 g/mol. The second-order valence-electron chi connectivity index (χ2n) is 6.08. The van der Waals surface area contributed by atoms with Crippen LogP contribution in [0.5, 0.6) is 0 Å². The van der Waals surface area contributed by atoms with Crippen molar-refractivity contribution in [3.05, 3.63) is 24.3 Å². The Hall–Kier alpha value is -2.81. The molecule has 140 valence electrons. The number of rotatable bonds is 4. The fourth-order valence-corrected chi connectivity index (χ4v) is 2.93. The van der Waals surface area contributed by atoms with Crippen molar-refractivity contribution in [1.82, 2.24) is 10.2 Å². The summed E-state index contributed by atoms with van der Waals surface area (Å²) in [6, 6.07) is 6.62. The minimum absolute atomic E-state index is 0.00539. The van der Waals surface area contributed by atoms with Crippen molar-refractivity contribution >= 4 is 29.4 Å². The van der Waals surface area contributed by atoms with Crippen LogP contribution < -0.4 is 15.5 Å². The van der Waals surface area contributed by atoms with Gasteiger partial charge in [-0.1, -0.05) is 12.1 Å². The molecule has 0 bridgehead atoms. The molecule has 4 amide bonds. The van der Waals surface area contributed by atoms with Crippen LogP contribution in [0.15, 0.2) is 24.3 Å². The molecular formula is C17H22N4O5. The van der Waals surface area contributed by atoms with Crippen LogP contribution >= 0.6 is 0 Å². The van der Waals surface area contributed by atoms with Gasteiger partial charge in [0.05, 0.1) is 30.6 Å². The van der Waals surface area contributed by atoms with E-state index in [1.165, 1.54) is 11.8 Å². The summed E-state index contributed by atoms with van der Waals surface area (Å²) >= 11 is 0. The number of cyclic esters (lactones) is 1. The summed E-state index contributed by atoms with van der Waals surface area (Å²) in [5.74, 6) is -0.00539. The topological polar surface area (TPSA) is 100 Å². The Labute approximate surface area is 151 Å². The van der Waals surface area contributed by atoms with Gasteiger partial charge in [-0.05, 0) is 12.1 Å². The number of carbonyl (C=O) groups excluding carboxylic acids is 3. The Morgan fingerprint density at radius 3 is 2.77 bits per heavy atom. The zero-order valence-electron chi connectivity index (χ0n) is 14.6. The number of carbonyl (C=O) groups is 3. The molecule has 9 nitrogen and oxygen atoms in total. The molecule has 0 aromatic heterocycles. The third-order valence-corrected chi connectivity index (χ3v) is 4.28. The van der Waals surface area contributed by atoms with E-state index in [0.717, 1.165) is 0 Å². The molecule has 3 rings (SSSR count). The molecule has 2 heterocycles. The zero-order valence-corrected chi connectivity index (χ0v) is 14.6. The van der Waals surface area contributed by atoms with Crippen LogP contribution in [0, 0.1) is 0 Å². The smallest absolute Gasteiger partial charge is 0.414 e. The molecule has 2 saturated heterocycles. The Morgan fingerprint density at radius 2 is 2.04 bits per heavy atom. The molecule has 2 aliphatic rings. The van der Waals surface area contributed by atoms with Crippen molar-refractivity contribution in [2.24, 2.45) is 0 Å². The van der Waals surface area contributed by atoms with Gasteiger partial charge in [0.1, 0.15) is 6.61 Å². The lowest BCUT2D eigenvalue weighted by Gasteiger charge is -2.32. The summed E-state index contributed by atoms with van der Waals surface area (Å²) in [6.45, 7) is 4.03. The average Bonchev–Trinajstić information content (AvgIpc) is 3.06. The number of nitrogens with one attached hydrogen (secondary N) is 2. The number of anilines is 2. The highest BCUT2D eigenvalue weighted by Crippen LogP contribution is 2.27. The number of morpholine rings is 1. The summed E-state index contributed by atoms with van der Waals surface area (Å²) < 4.78 is 10.5. The monoisotopic (exact) mass is 362 g/mol. The first-order valence-corrected chi connectivity index (χ1v) is 8.50. The van der Waals surface area contributed by atoms with E-state index in [-0.39, 0.29) is 18.6 Å². The molecule has 0 aliphatic carbocycles. The first kappa shape index (κ1) is 18.0. The lowest BCUT2D eigenvalue weighted by atomic mass is 10.2. The molecule has 9 heteroatoms. The average molecular weight is 362 g/mol. The second kappa shape index (κ2) is 8.05. The minimum atomic E-state index is -0.431. The SMILES string of the molecule is CC(=O)N1CCO[C@H](CNC(=O)Nc2ccccc2N2CCOC2=O)C1. The van der Waals surface area contributed by atoms with Crippen molar-refractivity contribution in [3.8, 4) is 0 Å². The first-order chi connectivity index (χ1) is 12.5. The Balaban J connectivity index is 1.55. The van der Waals surface area contributed by atoms with E-state index in [1.807, 2.05) is 0 Å². The lowest BCUT2D eigenvalue weighted by Crippen LogP contribution is -2.49. The van der Waals surface area contributed by atoms with E-state index in [0.29, 0.717) is 44.2 Å². The second-order valence-corrected chi connectivity index (χ2v) is 6.08. The normalized spacial score (nSPS) is 19.9. The number of urea groups is 1. The predicted octanol–water partition coefficient (Wildman–Crippen LogP) is 1.01. The van der Waals surface area contributed by atoms with Crippen LogP contribution in [-0.2, 0) is 14.3 Å². The number of para-hydroxylation sites is 2. The molecule has 26 heavy (non-hydrogen) atoms. The van der Waals surface area contributed by atoms with Crippen LogP contribution in [-0.4, -0.2) is 68.4 Å². The Bertz CT molecular complexity index is 695. The minimum Gasteiger partial charge on any atom is -0.447 e. The van der Waals surface area contributed by atoms with Gasteiger partial charge >= 0.3 is 12.1 Å². The Morgan fingerprint density at radius 1 is 1.23 bits per heavy atom. The molecule has 0 saturated carbocycles. The van der Waals surface area contributed by atoms with Gasteiger partial charge in [-0.25, -0.2) is 9.59 Å². The molecule has 2 aliphatic heterocycles. The number of ether oxygens (including phenoxy) is 2. The van der Waals surface area contributed by atoms with Gasteiger partial charge in [0, 0.05) is 26.6 Å². The van der Waals surface area contributed by atoms with Gasteiger partial charge in [-0.3, -0.25) is 9.69 Å². The highest BCUT2D eigenvalue weighted by molar-refractivity contribution is 5.98. The maximum absolute atomic E-state index is 12.2. The summed E-state index contributed by atoms with van der Waals surface area (Å²) in [4.78, 5) is 38.6. The number of hydrogen-bond donors (Lipinski definition) is 2. The van der Waals surface area contributed by atoms with Crippen molar-refractivity contribution in [2.45, 2.75) is 13.0 Å². The lowest BCUT2D eigenvalue weighted by molar-refractivity contribution is -0.136. The van der Waals surface area contributed by atoms with E-state index >= 15 is 0 Å². The van der Waals surface area contributed by atoms with E-state index in [9.17, 15) is 14.4 Å². The van der Waals surface area contributed by atoms with Crippen molar-refractivity contribution in [1.29, 1.82) is 0 Å². The molecule has 0 spiro atoms. The molecule has 2 N–H and O–H groups in total. The standard InChI is InChI=1S/C17H22N4O5/c1-12(22)20-6-8-25-13(11-20)10-18-16(23)19-14-4-2-3-5-15(14)21-7-9-26-17(21)24/h2-5,13H,6-11H2,1H3,(H2,18,19,23)/t13-/m1/s1. The third-order valence-electron chi connectivity index (χ3n) is 4.28. The molecule has 1 atom stereocenters. The van der Waals surface area contributed by atoms with Crippen LogP contribution in [0.1, 0.15) is 6.92 Å². The number of amides is 4. The van der Waals surface area contributed by atoms with Gasteiger partial charge in [0.15, 0.2) is 0 Å². The van der Waals surface area contributed by atoms with Crippen LogP contribution in [0.25, 0.3) is 0 Å². The highest BCUT2D eigenvalue weighted by Gasteiger charge is 2.26. The molecule has 0 radical (unpaired) electrons. The first-order valence-electron chi connectivity index (χ1n) is 8.50. The fourth-order valence-electron chi connectivity index (χ4n) is 2.93. The molecule has 2 fully saturated rings. The number of benzene rings is 1. The summed E-state index contributed by atoms with van der Waals surface area (Å²) in [7, 11) is 0. The van der Waals surface area contributed by atoms with Crippen LogP contribution in [0.4, 0.5) is 21.0 Å². The van der Waals surface area contributed by atoms with Gasteiger partial charge < -0.3 is 25.0 Å². The summed E-state index contributed by atoms with van der Waals surface area (Å²) in [5, 5.41) is 5.49. The van der Waals surface area contributed by atoms with Crippen molar-refractivity contribution in [3.63, 3.8) is 0 Å². The largest absolute Gasteiger partial charge is 0.447 e. The number of nitrogens with zero attached hydrogens (tertiary/aromatic N) is 2. The third kappa shape index (κ3) is 4.23. The maximum Gasteiger partial charge on any atom is 0.414 e. The predicted molar refractivity (Wildman–Crippen MR) is 94.2 cm³/mol. The molecule has 1 aromatic rings. The summed E-state index contributed by atoms with van der Waals surface area (Å²) in [5.41, 5.74) is 1.10. The highest BCUT2D eigenvalue weighted by atomic mass is 16.6. The fraction of sp³-hybridized carbons (Fsp3) is 0.471. The number of hydrogen-bond acceptors (Lipinski definition) is 5. The van der Waals surface area contributed by atoms with Crippen molar-refractivity contribution < 1.29 is 23.9 Å². The Kier molecular flexibility index (Phi) is 5.57. The van der Waals surface area contributed by atoms with Crippen molar-refractivity contribution in [2.75, 3.05) is 49.6 Å². The maximum atomic E-state index is 12.2. The quantitative estimate of drug-likeness (QED) is 0.833. The molecule has 1 aromatic carbocycles. The summed E-state index contributed by atoms with van der Waals surface area (Å²) in [6.07, 6.45) is -0.679. The van der Waals surface area contributed by atoms with Crippen LogP contribution in [0.3, 0.4) is 0 Å². The van der Waals surface area contributed by atoms with E-state index in [2.05, 4.69) is 10.6 Å².